The number of tetrazole rings is 1. The van der Waals surface area contributed by atoms with Gasteiger partial charge in [-0.3, -0.25) is 4.79 Å². The quantitative estimate of drug-likeness (QED) is 0.829. The van der Waals surface area contributed by atoms with Crippen molar-refractivity contribution in [1.29, 1.82) is 0 Å². The van der Waals surface area contributed by atoms with Crippen molar-refractivity contribution in [2.24, 2.45) is 5.73 Å². The fraction of sp³-hybridized carbons (Fsp3) is 0.467. The lowest BCUT2D eigenvalue weighted by atomic mass is 10.2. The number of carbonyl (C=O) groups is 1. The normalized spacial score (nSPS) is 18.9. The molecule has 2 heterocycles. The molecular weight excluding hydrogens is 294 g/mol. The maximum atomic E-state index is 12.6. The zero-order valence-electron chi connectivity index (χ0n) is 13.1. The standard InChI is InChI=1S/C15H21N7O/c1-2-13(14(23)21-9-8-11(16)10-21)17-15-18-19-20-22(15)12-6-4-3-5-7-12/h3-7,11,13H,2,8-10,16H2,1H3,(H,17,18,20)/t11-,13+/m0/s1. The Kier molecular flexibility index (Phi) is 4.52. The number of anilines is 1. The summed E-state index contributed by atoms with van der Waals surface area (Å²) in [7, 11) is 0. The Morgan fingerprint density at radius 3 is 2.87 bits per heavy atom. The molecule has 0 radical (unpaired) electrons. The van der Waals surface area contributed by atoms with Crippen molar-refractivity contribution in [2.75, 3.05) is 18.4 Å². The van der Waals surface area contributed by atoms with Crippen LogP contribution in [-0.2, 0) is 4.79 Å². The van der Waals surface area contributed by atoms with Gasteiger partial charge in [0.15, 0.2) is 0 Å². The van der Waals surface area contributed by atoms with Crippen molar-refractivity contribution >= 4 is 11.9 Å². The number of nitrogens with one attached hydrogen (secondary N) is 1. The molecule has 122 valence electrons. The number of rotatable bonds is 5. The Balaban J connectivity index is 1.75. The highest BCUT2D eigenvalue weighted by molar-refractivity contribution is 5.84. The highest BCUT2D eigenvalue weighted by Crippen LogP contribution is 2.15. The molecule has 0 aliphatic carbocycles. The van der Waals surface area contributed by atoms with E-state index in [1.54, 1.807) is 4.68 Å². The number of hydrogen-bond acceptors (Lipinski definition) is 6. The monoisotopic (exact) mass is 315 g/mol. The number of para-hydroxylation sites is 1. The molecule has 2 atom stereocenters. The van der Waals surface area contributed by atoms with Crippen LogP contribution in [0.25, 0.3) is 5.69 Å². The fourth-order valence-corrected chi connectivity index (χ4v) is 2.72. The van der Waals surface area contributed by atoms with E-state index in [0.717, 1.165) is 12.1 Å². The van der Waals surface area contributed by atoms with Gasteiger partial charge in [0.1, 0.15) is 6.04 Å². The first-order valence-corrected chi connectivity index (χ1v) is 7.83. The van der Waals surface area contributed by atoms with Gasteiger partial charge in [-0.15, -0.1) is 0 Å². The van der Waals surface area contributed by atoms with Gasteiger partial charge in [-0.25, -0.2) is 0 Å². The lowest BCUT2D eigenvalue weighted by Crippen LogP contribution is -2.43. The first-order chi connectivity index (χ1) is 11.2. The summed E-state index contributed by atoms with van der Waals surface area (Å²) >= 11 is 0. The summed E-state index contributed by atoms with van der Waals surface area (Å²) in [5.74, 6) is 0.503. The first kappa shape index (κ1) is 15.4. The first-order valence-electron chi connectivity index (χ1n) is 7.83. The lowest BCUT2D eigenvalue weighted by molar-refractivity contribution is -0.131. The predicted molar refractivity (Wildman–Crippen MR) is 86.0 cm³/mol. The van der Waals surface area contributed by atoms with E-state index in [1.807, 2.05) is 42.2 Å². The Labute approximate surface area is 134 Å². The number of amides is 1. The van der Waals surface area contributed by atoms with Crippen LogP contribution in [0, 0.1) is 0 Å². The van der Waals surface area contributed by atoms with Gasteiger partial charge in [-0.2, -0.15) is 4.68 Å². The summed E-state index contributed by atoms with van der Waals surface area (Å²) in [6.07, 6.45) is 1.50. The van der Waals surface area contributed by atoms with Crippen LogP contribution in [0.5, 0.6) is 0 Å². The van der Waals surface area contributed by atoms with E-state index in [4.69, 9.17) is 5.73 Å². The van der Waals surface area contributed by atoms with Crippen LogP contribution in [0.2, 0.25) is 0 Å². The van der Waals surface area contributed by atoms with Gasteiger partial charge in [0.2, 0.25) is 11.9 Å². The van der Waals surface area contributed by atoms with Crippen molar-refractivity contribution in [3.63, 3.8) is 0 Å². The van der Waals surface area contributed by atoms with Gasteiger partial charge < -0.3 is 16.0 Å². The molecular formula is C15H21N7O. The minimum atomic E-state index is -0.367. The Hall–Kier alpha value is -2.48. The Morgan fingerprint density at radius 1 is 1.43 bits per heavy atom. The van der Waals surface area contributed by atoms with Crippen LogP contribution in [0.15, 0.2) is 30.3 Å². The summed E-state index contributed by atoms with van der Waals surface area (Å²) in [5.41, 5.74) is 6.73. The molecule has 1 aromatic carbocycles. The van der Waals surface area contributed by atoms with E-state index >= 15 is 0 Å². The van der Waals surface area contributed by atoms with E-state index in [9.17, 15) is 4.79 Å². The van der Waals surface area contributed by atoms with E-state index in [1.165, 1.54) is 0 Å². The predicted octanol–water partition coefficient (Wildman–Crippen LogP) is 0.412. The SMILES string of the molecule is CC[C@@H](Nc1nnnn1-c1ccccc1)C(=O)N1CC[C@H](N)C1. The van der Waals surface area contributed by atoms with E-state index in [-0.39, 0.29) is 18.0 Å². The minimum absolute atomic E-state index is 0.0445. The molecule has 1 aromatic heterocycles. The molecule has 0 bridgehead atoms. The molecule has 1 saturated heterocycles. The summed E-state index contributed by atoms with van der Waals surface area (Å²) in [6, 6.07) is 9.27. The number of nitrogens with two attached hydrogens (primary N) is 1. The van der Waals surface area contributed by atoms with Crippen molar-refractivity contribution in [2.45, 2.75) is 31.8 Å². The second-order valence-corrected chi connectivity index (χ2v) is 5.69. The number of carbonyl (C=O) groups excluding carboxylic acids is 1. The van der Waals surface area contributed by atoms with Crippen molar-refractivity contribution < 1.29 is 4.79 Å². The Morgan fingerprint density at radius 2 is 2.22 bits per heavy atom. The van der Waals surface area contributed by atoms with Gasteiger partial charge in [-0.05, 0) is 35.4 Å². The van der Waals surface area contributed by atoms with Crippen molar-refractivity contribution in [1.82, 2.24) is 25.1 Å². The second-order valence-electron chi connectivity index (χ2n) is 5.69. The average molecular weight is 315 g/mol. The molecule has 0 saturated carbocycles. The zero-order chi connectivity index (χ0) is 16.2. The molecule has 1 fully saturated rings. The number of benzene rings is 1. The highest BCUT2D eigenvalue weighted by Gasteiger charge is 2.29. The van der Waals surface area contributed by atoms with Gasteiger partial charge in [0.25, 0.3) is 0 Å². The largest absolute Gasteiger partial charge is 0.341 e. The van der Waals surface area contributed by atoms with Crippen LogP contribution < -0.4 is 11.1 Å². The molecule has 2 aromatic rings. The maximum Gasteiger partial charge on any atom is 0.248 e. The molecule has 23 heavy (non-hydrogen) atoms. The highest BCUT2D eigenvalue weighted by atomic mass is 16.2. The van der Waals surface area contributed by atoms with Gasteiger partial charge in [-0.1, -0.05) is 30.2 Å². The van der Waals surface area contributed by atoms with Gasteiger partial charge in [0.05, 0.1) is 5.69 Å². The molecule has 1 aliphatic heterocycles. The van der Waals surface area contributed by atoms with E-state index in [2.05, 4.69) is 20.8 Å². The number of likely N-dealkylation sites (tertiary alicyclic amines) is 1. The molecule has 1 amide bonds. The van der Waals surface area contributed by atoms with Crippen LogP contribution >= 0.6 is 0 Å². The summed E-state index contributed by atoms with van der Waals surface area (Å²) in [5, 5.41) is 14.9. The molecule has 3 N–H and O–H groups in total. The topological polar surface area (TPSA) is 102 Å². The molecule has 1 aliphatic rings. The molecule has 8 nitrogen and oxygen atoms in total. The van der Waals surface area contributed by atoms with Crippen LogP contribution in [-0.4, -0.2) is 56.2 Å². The van der Waals surface area contributed by atoms with E-state index in [0.29, 0.717) is 25.5 Å². The van der Waals surface area contributed by atoms with Crippen molar-refractivity contribution in [3.05, 3.63) is 30.3 Å². The van der Waals surface area contributed by atoms with Gasteiger partial charge >= 0.3 is 0 Å². The molecule has 8 heteroatoms. The zero-order valence-corrected chi connectivity index (χ0v) is 13.1. The third-order valence-corrected chi connectivity index (χ3v) is 4.02. The van der Waals surface area contributed by atoms with Gasteiger partial charge in [0, 0.05) is 19.1 Å². The Bertz CT molecular complexity index is 657. The summed E-state index contributed by atoms with van der Waals surface area (Å²) in [6.45, 7) is 3.28. The molecule has 0 unspecified atom stereocenters. The third-order valence-electron chi connectivity index (χ3n) is 4.02. The molecule has 3 rings (SSSR count). The number of aromatic nitrogens is 4. The smallest absolute Gasteiger partial charge is 0.248 e. The average Bonchev–Trinajstić information content (AvgIpc) is 3.21. The van der Waals surface area contributed by atoms with Crippen LogP contribution in [0.3, 0.4) is 0 Å². The molecule has 0 spiro atoms. The van der Waals surface area contributed by atoms with Crippen molar-refractivity contribution in [3.8, 4) is 5.69 Å². The third kappa shape index (κ3) is 3.31. The second kappa shape index (κ2) is 6.74. The minimum Gasteiger partial charge on any atom is -0.341 e. The van der Waals surface area contributed by atoms with Crippen LogP contribution in [0.1, 0.15) is 19.8 Å². The van der Waals surface area contributed by atoms with Crippen LogP contribution in [0.4, 0.5) is 5.95 Å². The number of hydrogen-bond donors (Lipinski definition) is 2. The number of nitrogens with zero attached hydrogens (tertiary/aromatic N) is 5. The lowest BCUT2D eigenvalue weighted by Gasteiger charge is -2.23. The fourth-order valence-electron chi connectivity index (χ4n) is 2.72. The van der Waals surface area contributed by atoms with E-state index < -0.39 is 0 Å². The maximum absolute atomic E-state index is 12.6. The summed E-state index contributed by atoms with van der Waals surface area (Å²) in [4.78, 5) is 14.4. The summed E-state index contributed by atoms with van der Waals surface area (Å²) < 4.78 is 1.59.